The van der Waals surface area contributed by atoms with Crippen LogP contribution in [0.2, 0.25) is 0 Å². The van der Waals surface area contributed by atoms with Gasteiger partial charge in [0.05, 0.1) is 17.1 Å². The number of rotatable bonds is 5. The summed E-state index contributed by atoms with van der Waals surface area (Å²) in [5, 5.41) is 7.82. The molecule has 152 valence electrons. The lowest BCUT2D eigenvalue weighted by atomic mass is 10.1. The topological polar surface area (TPSA) is 113 Å². The lowest BCUT2D eigenvalue weighted by molar-refractivity contribution is 0.328. The third kappa shape index (κ3) is 3.42. The molecule has 1 aromatic carbocycles. The number of H-pyrrole nitrogens is 1. The summed E-state index contributed by atoms with van der Waals surface area (Å²) >= 11 is 0. The Morgan fingerprint density at radius 2 is 1.79 bits per heavy atom. The third-order valence-electron chi connectivity index (χ3n) is 5.54. The second kappa shape index (κ2) is 6.96. The van der Waals surface area contributed by atoms with Gasteiger partial charge in [-0.2, -0.15) is 10.1 Å². The maximum absolute atomic E-state index is 12.5. The van der Waals surface area contributed by atoms with Crippen LogP contribution in [0.1, 0.15) is 25.7 Å². The maximum atomic E-state index is 12.5. The van der Waals surface area contributed by atoms with Crippen LogP contribution in [-0.4, -0.2) is 56.9 Å². The summed E-state index contributed by atoms with van der Waals surface area (Å²) in [5.41, 5.74) is 1.05. The zero-order valence-electron chi connectivity index (χ0n) is 15.8. The molecule has 2 aromatic heterocycles. The van der Waals surface area contributed by atoms with Gasteiger partial charge < -0.3 is 5.32 Å². The molecule has 2 fully saturated rings. The van der Waals surface area contributed by atoms with Crippen molar-refractivity contribution in [2.45, 2.75) is 37.0 Å². The number of sulfonamides is 1. The van der Waals surface area contributed by atoms with Crippen LogP contribution in [0.15, 0.2) is 41.3 Å². The van der Waals surface area contributed by atoms with Crippen LogP contribution in [0.3, 0.4) is 0 Å². The Bertz CT molecular complexity index is 1190. The molecule has 3 aromatic rings. The van der Waals surface area contributed by atoms with Crippen molar-refractivity contribution in [3.63, 3.8) is 0 Å². The average molecular weight is 414 g/mol. The number of hydrogen-bond acceptors (Lipinski definition) is 6. The zero-order valence-corrected chi connectivity index (χ0v) is 16.6. The number of para-hydroxylation sites is 1. The highest BCUT2D eigenvalue weighted by Crippen LogP contribution is 2.32. The third-order valence-corrected chi connectivity index (χ3v) is 7.94. The van der Waals surface area contributed by atoms with E-state index in [0.717, 1.165) is 18.5 Å². The normalized spacial score (nSPS) is 18.9. The molecular weight excluding hydrogens is 392 g/mol. The molecule has 0 spiro atoms. The standard InChI is InChI=1S/C19H22N6O3S/c26-18-16-12-20-25(14-4-2-1-3-5-14)17(16)22-19(23-18)21-13-8-10-24(11-9-13)29(27,28)15-6-7-15/h1-5,12-13,15H,6-11H2,(H2,21,22,23,26). The number of anilines is 1. The molecule has 0 bridgehead atoms. The summed E-state index contributed by atoms with van der Waals surface area (Å²) in [6, 6.07) is 9.57. The van der Waals surface area contributed by atoms with Crippen molar-refractivity contribution in [1.29, 1.82) is 0 Å². The minimum atomic E-state index is -3.13. The molecule has 5 rings (SSSR count). The van der Waals surface area contributed by atoms with Gasteiger partial charge in [0.15, 0.2) is 5.65 Å². The van der Waals surface area contributed by atoms with E-state index in [2.05, 4.69) is 20.4 Å². The van der Waals surface area contributed by atoms with Gasteiger partial charge in [0, 0.05) is 19.1 Å². The Morgan fingerprint density at radius 3 is 2.48 bits per heavy atom. The molecule has 9 nitrogen and oxygen atoms in total. The van der Waals surface area contributed by atoms with E-state index in [4.69, 9.17) is 0 Å². The SMILES string of the molecule is O=c1[nH]c(NC2CCN(S(=O)(=O)C3CC3)CC2)nc2c1cnn2-c1ccccc1. The number of hydrogen-bond donors (Lipinski definition) is 2. The molecule has 3 heterocycles. The highest BCUT2D eigenvalue weighted by molar-refractivity contribution is 7.90. The predicted molar refractivity (Wildman–Crippen MR) is 110 cm³/mol. The van der Waals surface area contributed by atoms with Gasteiger partial charge >= 0.3 is 0 Å². The van der Waals surface area contributed by atoms with E-state index in [0.29, 0.717) is 42.9 Å². The van der Waals surface area contributed by atoms with E-state index in [1.165, 1.54) is 6.20 Å². The van der Waals surface area contributed by atoms with Crippen LogP contribution in [-0.2, 0) is 10.0 Å². The molecular formula is C19H22N6O3S. The van der Waals surface area contributed by atoms with Crippen LogP contribution in [0, 0.1) is 0 Å². The van der Waals surface area contributed by atoms with Crippen molar-refractivity contribution in [3.8, 4) is 5.69 Å². The molecule has 2 aliphatic rings. The van der Waals surface area contributed by atoms with Gasteiger partial charge in [-0.25, -0.2) is 17.4 Å². The first kappa shape index (κ1) is 18.3. The fourth-order valence-electron chi connectivity index (χ4n) is 3.77. The Kier molecular flexibility index (Phi) is 4.39. The van der Waals surface area contributed by atoms with Crippen molar-refractivity contribution >= 4 is 27.0 Å². The van der Waals surface area contributed by atoms with Crippen molar-refractivity contribution in [2.24, 2.45) is 0 Å². The van der Waals surface area contributed by atoms with Gasteiger partial charge in [-0.05, 0) is 37.8 Å². The van der Waals surface area contributed by atoms with E-state index < -0.39 is 10.0 Å². The minimum Gasteiger partial charge on any atom is -0.353 e. The van der Waals surface area contributed by atoms with Crippen LogP contribution in [0.25, 0.3) is 16.7 Å². The van der Waals surface area contributed by atoms with Crippen LogP contribution in [0.5, 0.6) is 0 Å². The van der Waals surface area contributed by atoms with Crippen molar-refractivity contribution in [1.82, 2.24) is 24.1 Å². The fraction of sp³-hybridized carbons (Fsp3) is 0.421. The summed E-state index contributed by atoms with van der Waals surface area (Å²) < 4.78 is 28.0. The molecule has 1 aliphatic heterocycles. The summed E-state index contributed by atoms with van der Waals surface area (Å²) in [4.78, 5) is 19.8. The second-order valence-corrected chi connectivity index (χ2v) is 9.82. The molecule has 0 amide bonds. The van der Waals surface area contributed by atoms with E-state index in [1.54, 1.807) is 8.99 Å². The molecule has 1 aliphatic carbocycles. The quantitative estimate of drug-likeness (QED) is 0.654. The van der Waals surface area contributed by atoms with E-state index in [-0.39, 0.29) is 16.9 Å². The lowest BCUT2D eigenvalue weighted by Crippen LogP contribution is -2.43. The number of nitrogens with zero attached hydrogens (tertiary/aromatic N) is 4. The molecule has 29 heavy (non-hydrogen) atoms. The Balaban J connectivity index is 1.35. The van der Waals surface area contributed by atoms with Gasteiger partial charge in [-0.3, -0.25) is 9.78 Å². The van der Waals surface area contributed by atoms with Crippen LogP contribution >= 0.6 is 0 Å². The summed E-state index contributed by atoms with van der Waals surface area (Å²) in [5.74, 6) is 0.378. The Labute approximate surface area is 167 Å². The van der Waals surface area contributed by atoms with Gasteiger partial charge in [-0.15, -0.1) is 0 Å². The van der Waals surface area contributed by atoms with E-state index >= 15 is 0 Å². The zero-order chi connectivity index (χ0) is 20.0. The number of aromatic nitrogens is 4. The molecule has 1 saturated heterocycles. The number of piperidine rings is 1. The number of benzene rings is 1. The minimum absolute atomic E-state index is 0.0503. The Morgan fingerprint density at radius 1 is 1.07 bits per heavy atom. The maximum Gasteiger partial charge on any atom is 0.263 e. The molecule has 0 unspecified atom stereocenters. The molecule has 10 heteroatoms. The Hall–Kier alpha value is -2.72. The monoisotopic (exact) mass is 414 g/mol. The average Bonchev–Trinajstić information content (AvgIpc) is 3.50. The van der Waals surface area contributed by atoms with Gasteiger partial charge in [0.25, 0.3) is 5.56 Å². The van der Waals surface area contributed by atoms with Gasteiger partial charge in [-0.1, -0.05) is 18.2 Å². The van der Waals surface area contributed by atoms with Crippen LogP contribution < -0.4 is 10.9 Å². The first-order valence-corrected chi connectivity index (χ1v) is 11.3. The van der Waals surface area contributed by atoms with Gasteiger partial charge in [0.2, 0.25) is 16.0 Å². The molecule has 0 atom stereocenters. The smallest absolute Gasteiger partial charge is 0.263 e. The molecule has 2 N–H and O–H groups in total. The van der Waals surface area contributed by atoms with Crippen molar-refractivity contribution < 1.29 is 8.42 Å². The van der Waals surface area contributed by atoms with Crippen molar-refractivity contribution in [3.05, 3.63) is 46.9 Å². The summed E-state index contributed by atoms with van der Waals surface area (Å²) in [6.07, 6.45) is 4.41. The first-order chi connectivity index (χ1) is 14.0. The summed E-state index contributed by atoms with van der Waals surface area (Å²) in [7, 11) is -3.13. The fourth-order valence-corrected chi connectivity index (χ4v) is 5.64. The lowest BCUT2D eigenvalue weighted by Gasteiger charge is -2.31. The van der Waals surface area contributed by atoms with Crippen molar-refractivity contribution in [2.75, 3.05) is 18.4 Å². The molecule has 0 radical (unpaired) electrons. The van der Waals surface area contributed by atoms with E-state index in [9.17, 15) is 13.2 Å². The first-order valence-electron chi connectivity index (χ1n) is 9.81. The summed E-state index contributed by atoms with van der Waals surface area (Å²) in [6.45, 7) is 0.982. The number of fused-ring (bicyclic) bond motifs is 1. The molecule has 1 saturated carbocycles. The van der Waals surface area contributed by atoms with E-state index in [1.807, 2.05) is 30.3 Å². The highest BCUT2D eigenvalue weighted by Gasteiger charge is 2.41. The van der Waals surface area contributed by atoms with Gasteiger partial charge in [0.1, 0.15) is 5.39 Å². The number of aromatic amines is 1. The highest BCUT2D eigenvalue weighted by atomic mass is 32.2. The second-order valence-electron chi connectivity index (χ2n) is 7.61. The largest absolute Gasteiger partial charge is 0.353 e. The number of nitrogens with one attached hydrogen (secondary N) is 2. The predicted octanol–water partition coefficient (Wildman–Crippen LogP) is 1.48. The van der Waals surface area contributed by atoms with Crippen LogP contribution in [0.4, 0.5) is 5.95 Å².